The lowest BCUT2D eigenvalue weighted by Gasteiger charge is -2.23. The Morgan fingerprint density at radius 2 is 1.85 bits per heavy atom. The lowest BCUT2D eigenvalue weighted by molar-refractivity contribution is -0.132. The molecule has 1 aliphatic heterocycles. The largest absolute Gasteiger partial charge is 0.507 e. The van der Waals surface area contributed by atoms with E-state index in [1.807, 2.05) is 49.4 Å². The first-order valence-corrected chi connectivity index (χ1v) is 12.1. The van der Waals surface area contributed by atoms with Crippen LogP contribution >= 0.6 is 27.3 Å². The van der Waals surface area contributed by atoms with Gasteiger partial charge in [-0.1, -0.05) is 57.6 Å². The van der Waals surface area contributed by atoms with Crippen molar-refractivity contribution in [2.75, 3.05) is 12.0 Å². The number of aliphatic hydroxyl groups is 1. The van der Waals surface area contributed by atoms with Crippen molar-refractivity contribution >= 4 is 60.1 Å². The second-order valence-electron chi connectivity index (χ2n) is 7.92. The van der Waals surface area contributed by atoms with E-state index in [1.54, 1.807) is 24.3 Å². The number of methoxy groups -OCH3 is 1. The van der Waals surface area contributed by atoms with Crippen LogP contribution in [0.25, 0.3) is 16.0 Å². The normalized spacial score (nSPS) is 17.5. The minimum atomic E-state index is -0.832. The first kappa shape index (κ1) is 22.3. The standard InChI is InChI=1S/C26H19BrN2O4S/c1-14-6-11-19-20(12-14)34-26(28-19)29-22(15-7-9-17(27)10-8-15)21(24(31)25(29)32)23(30)16-4-3-5-18(13-16)33-2/h3-13,22,30H,1-2H3/t22-/m1/s1. The number of ether oxygens (including phenoxy) is 1. The van der Waals surface area contributed by atoms with E-state index in [4.69, 9.17) is 4.74 Å². The quantitative estimate of drug-likeness (QED) is 0.197. The second-order valence-corrected chi connectivity index (χ2v) is 9.84. The fourth-order valence-electron chi connectivity index (χ4n) is 4.04. The molecule has 1 aliphatic rings. The van der Waals surface area contributed by atoms with Crippen LogP contribution < -0.4 is 9.64 Å². The third kappa shape index (κ3) is 3.78. The molecule has 1 amide bonds. The number of ketones is 1. The lowest BCUT2D eigenvalue weighted by Crippen LogP contribution is -2.29. The minimum Gasteiger partial charge on any atom is -0.507 e. The molecule has 0 saturated carbocycles. The van der Waals surface area contributed by atoms with Gasteiger partial charge in [-0.15, -0.1) is 0 Å². The molecule has 1 atom stereocenters. The Morgan fingerprint density at radius 1 is 1.09 bits per heavy atom. The SMILES string of the molecule is COc1cccc(C(O)=C2C(=O)C(=O)N(c3nc4ccc(C)cc4s3)[C@@H]2c2ccc(Br)cc2)c1. The van der Waals surface area contributed by atoms with Crippen molar-refractivity contribution < 1.29 is 19.4 Å². The Balaban J connectivity index is 1.73. The first-order valence-electron chi connectivity index (χ1n) is 10.5. The maximum Gasteiger partial charge on any atom is 0.301 e. The number of hydrogen-bond acceptors (Lipinski definition) is 6. The molecule has 8 heteroatoms. The highest BCUT2D eigenvalue weighted by atomic mass is 79.9. The number of carbonyl (C=O) groups excluding carboxylic acids is 2. The van der Waals surface area contributed by atoms with Gasteiger partial charge in [0.1, 0.15) is 11.5 Å². The van der Waals surface area contributed by atoms with Crippen LogP contribution in [-0.4, -0.2) is 28.9 Å². The highest BCUT2D eigenvalue weighted by molar-refractivity contribution is 9.10. The predicted octanol–water partition coefficient (Wildman–Crippen LogP) is 6.00. The summed E-state index contributed by atoms with van der Waals surface area (Å²) in [6, 6.07) is 19.1. The first-order chi connectivity index (χ1) is 16.4. The summed E-state index contributed by atoms with van der Waals surface area (Å²) in [4.78, 5) is 32.7. The fourth-order valence-corrected chi connectivity index (χ4v) is 5.39. The fraction of sp³-hybridized carbons (Fsp3) is 0.115. The van der Waals surface area contributed by atoms with Gasteiger partial charge in [0.2, 0.25) is 0 Å². The molecule has 1 N–H and O–H groups in total. The van der Waals surface area contributed by atoms with Crippen LogP contribution in [-0.2, 0) is 9.59 Å². The molecular formula is C26H19BrN2O4S. The summed E-state index contributed by atoms with van der Waals surface area (Å²) in [5, 5.41) is 11.7. The Morgan fingerprint density at radius 3 is 2.59 bits per heavy atom. The molecule has 1 aromatic heterocycles. The van der Waals surface area contributed by atoms with E-state index in [-0.39, 0.29) is 11.3 Å². The number of aromatic nitrogens is 1. The molecule has 170 valence electrons. The predicted molar refractivity (Wildman–Crippen MR) is 136 cm³/mol. The summed E-state index contributed by atoms with van der Waals surface area (Å²) in [6.07, 6.45) is 0. The molecule has 0 radical (unpaired) electrons. The summed E-state index contributed by atoms with van der Waals surface area (Å²) < 4.78 is 7.04. The van der Waals surface area contributed by atoms with Gasteiger partial charge in [0.05, 0.1) is 28.9 Å². The smallest absolute Gasteiger partial charge is 0.301 e. The van der Waals surface area contributed by atoms with E-state index in [0.29, 0.717) is 22.0 Å². The zero-order valence-corrected chi connectivity index (χ0v) is 20.7. The van der Waals surface area contributed by atoms with Crippen molar-refractivity contribution in [1.82, 2.24) is 4.98 Å². The number of aryl methyl sites for hydroxylation is 1. The van der Waals surface area contributed by atoms with E-state index in [0.717, 1.165) is 20.3 Å². The molecule has 0 bridgehead atoms. The van der Waals surface area contributed by atoms with Gasteiger partial charge >= 0.3 is 5.91 Å². The average molecular weight is 535 g/mol. The molecule has 1 saturated heterocycles. The van der Waals surface area contributed by atoms with Gasteiger partial charge in [0.15, 0.2) is 5.13 Å². The van der Waals surface area contributed by atoms with Crippen molar-refractivity contribution in [3.8, 4) is 5.75 Å². The maximum absolute atomic E-state index is 13.3. The average Bonchev–Trinajstić information content (AvgIpc) is 3.37. The number of amides is 1. The molecule has 0 unspecified atom stereocenters. The summed E-state index contributed by atoms with van der Waals surface area (Å²) in [5.41, 5.74) is 2.90. The van der Waals surface area contributed by atoms with Gasteiger partial charge in [-0.2, -0.15) is 0 Å². The molecule has 0 spiro atoms. The van der Waals surface area contributed by atoms with Crippen LogP contribution in [0.2, 0.25) is 0 Å². The van der Waals surface area contributed by atoms with Crippen LogP contribution in [0.15, 0.2) is 76.8 Å². The number of nitrogens with zero attached hydrogens (tertiary/aromatic N) is 2. The van der Waals surface area contributed by atoms with Gasteiger partial charge in [-0.05, 0) is 54.4 Å². The van der Waals surface area contributed by atoms with Crippen molar-refractivity contribution in [3.05, 3.63) is 93.5 Å². The van der Waals surface area contributed by atoms with Crippen molar-refractivity contribution in [2.24, 2.45) is 0 Å². The Labute approximate surface area is 208 Å². The Hall–Kier alpha value is -3.49. The third-order valence-corrected chi connectivity index (χ3v) is 7.26. The minimum absolute atomic E-state index is 0.0102. The van der Waals surface area contributed by atoms with E-state index in [2.05, 4.69) is 20.9 Å². The number of rotatable bonds is 4. The summed E-state index contributed by atoms with van der Waals surface area (Å²) in [6.45, 7) is 1.99. The molecular weight excluding hydrogens is 516 g/mol. The van der Waals surface area contributed by atoms with Gasteiger partial charge in [-0.3, -0.25) is 14.5 Å². The summed E-state index contributed by atoms with van der Waals surface area (Å²) in [5.74, 6) is -1.22. The summed E-state index contributed by atoms with van der Waals surface area (Å²) in [7, 11) is 1.52. The number of benzene rings is 3. The Bertz CT molecular complexity index is 1480. The highest BCUT2D eigenvalue weighted by Crippen LogP contribution is 2.44. The van der Waals surface area contributed by atoms with Crippen molar-refractivity contribution in [1.29, 1.82) is 0 Å². The molecule has 2 heterocycles. The second kappa shape index (κ2) is 8.70. The Kier molecular flexibility index (Phi) is 5.71. The van der Waals surface area contributed by atoms with Gasteiger partial charge < -0.3 is 9.84 Å². The van der Waals surface area contributed by atoms with Crippen LogP contribution in [0.1, 0.15) is 22.7 Å². The monoisotopic (exact) mass is 534 g/mol. The number of fused-ring (bicyclic) bond motifs is 1. The molecule has 1 fully saturated rings. The highest BCUT2D eigenvalue weighted by Gasteiger charge is 2.48. The molecule has 5 rings (SSSR count). The van der Waals surface area contributed by atoms with Gasteiger partial charge in [-0.25, -0.2) is 4.98 Å². The summed E-state index contributed by atoms with van der Waals surface area (Å²) >= 11 is 4.77. The molecule has 6 nitrogen and oxygen atoms in total. The van der Waals surface area contributed by atoms with Crippen LogP contribution in [0.3, 0.4) is 0 Å². The van der Waals surface area contributed by atoms with Crippen LogP contribution in [0.4, 0.5) is 5.13 Å². The zero-order valence-electron chi connectivity index (χ0n) is 18.3. The molecule has 34 heavy (non-hydrogen) atoms. The van der Waals surface area contributed by atoms with E-state index < -0.39 is 17.7 Å². The van der Waals surface area contributed by atoms with E-state index in [1.165, 1.54) is 23.3 Å². The lowest BCUT2D eigenvalue weighted by atomic mass is 9.95. The number of hydrogen-bond donors (Lipinski definition) is 1. The zero-order chi connectivity index (χ0) is 24.0. The molecule has 4 aromatic rings. The molecule has 0 aliphatic carbocycles. The maximum atomic E-state index is 13.3. The van der Waals surface area contributed by atoms with Crippen molar-refractivity contribution in [2.45, 2.75) is 13.0 Å². The van der Waals surface area contributed by atoms with Gasteiger partial charge in [0.25, 0.3) is 5.78 Å². The van der Waals surface area contributed by atoms with Gasteiger partial charge in [0, 0.05) is 10.0 Å². The number of thiazole rings is 1. The van der Waals surface area contributed by atoms with Crippen molar-refractivity contribution in [3.63, 3.8) is 0 Å². The number of halogens is 1. The number of carbonyl (C=O) groups is 2. The number of Topliss-reactive ketones (excluding diaryl/α,β-unsaturated/α-hetero) is 1. The number of anilines is 1. The van der Waals surface area contributed by atoms with E-state index in [9.17, 15) is 14.7 Å². The number of aliphatic hydroxyl groups excluding tert-OH is 1. The van der Waals surface area contributed by atoms with Crippen LogP contribution in [0, 0.1) is 6.92 Å². The van der Waals surface area contributed by atoms with E-state index >= 15 is 0 Å². The topological polar surface area (TPSA) is 79.7 Å². The molecule has 3 aromatic carbocycles. The third-order valence-electron chi connectivity index (χ3n) is 5.71. The van der Waals surface area contributed by atoms with Crippen LogP contribution in [0.5, 0.6) is 5.75 Å².